The molecule has 0 spiro atoms. The molecule has 1 unspecified atom stereocenters. The summed E-state index contributed by atoms with van der Waals surface area (Å²) < 4.78 is 5.50. The molecule has 6 nitrogen and oxygen atoms in total. The molecule has 0 aliphatic carbocycles. The van der Waals surface area contributed by atoms with Crippen LogP contribution in [0.4, 0.5) is 5.69 Å². The summed E-state index contributed by atoms with van der Waals surface area (Å²) in [6.07, 6.45) is 1.98. The smallest absolute Gasteiger partial charge is 0.191 e. The molecule has 1 aromatic heterocycles. The van der Waals surface area contributed by atoms with Crippen molar-refractivity contribution < 1.29 is 4.74 Å². The summed E-state index contributed by atoms with van der Waals surface area (Å²) in [6, 6.07) is 8.56. The standard InChI is InChI=1S/C21H31N5OS/c1-15(2)20-24-17(14-28-20)9-11-23-21(22-3)25-16-10-12-26(13-16)18-7-5-6-8-19(18)27-4/h5-8,14-16H,9-13H2,1-4H3,(H2,22,23,25). The van der Waals surface area contributed by atoms with Crippen LogP contribution in [0.3, 0.4) is 0 Å². The fraction of sp³-hybridized carbons (Fsp3) is 0.524. The van der Waals surface area contributed by atoms with E-state index in [-0.39, 0.29) is 0 Å². The Bertz CT molecular complexity index is 789. The molecule has 1 atom stereocenters. The zero-order valence-electron chi connectivity index (χ0n) is 17.2. The fourth-order valence-corrected chi connectivity index (χ4v) is 4.26. The van der Waals surface area contributed by atoms with Gasteiger partial charge < -0.3 is 20.3 Å². The van der Waals surface area contributed by atoms with Gasteiger partial charge in [0.15, 0.2) is 5.96 Å². The highest BCUT2D eigenvalue weighted by Crippen LogP contribution is 2.30. The molecule has 0 saturated carbocycles. The number of aromatic nitrogens is 1. The van der Waals surface area contributed by atoms with Gasteiger partial charge in [0.25, 0.3) is 0 Å². The van der Waals surface area contributed by atoms with Gasteiger partial charge >= 0.3 is 0 Å². The van der Waals surface area contributed by atoms with Crippen LogP contribution in [0.1, 0.15) is 36.9 Å². The van der Waals surface area contributed by atoms with Crippen molar-refractivity contribution in [3.63, 3.8) is 0 Å². The summed E-state index contributed by atoms with van der Waals surface area (Å²) in [7, 11) is 3.55. The van der Waals surface area contributed by atoms with Crippen LogP contribution in [0.15, 0.2) is 34.6 Å². The summed E-state index contributed by atoms with van der Waals surface area (Å²) in [4.78, 5) is 11.4. The molecular weight excluding hydrogens is 370 g/mol. The maximum atomic E-state index is 5.50. The first-order chi connectivity index (χ1) is 13.6. The van der Waals surface area contributed by atoms with Gasteiger partial charge in [-0.05, 0) is 18.6 Å². The molecule has 1 aromatic carbocycles. The van der Waals surface area contributed by atoms with E-state index in [1.807, 2.05) is 19.2 Å². The molecule has 2 N–H and O–H groups in total. The second-order valence-electron chi connectivity index (χ2n) is 7.33. The molecule has 28 heavy (non-hydrogen) atoms. The highest BCUT2D eigenvalue weighted by Gasteiger charge is 2.25. The van der Waals surface area contributed by atoms with E-state index in [0.29, 0.717) is 12.0 Å². The van der Waals surface area contributed by atoms with Crippen molar-refractivity contribution in [1.29, 1.82) is 0 Å². The van der Waals surface area contributed by atoms with Gasteiger partial charge in [-0.1, -0.05) is 26.0 Å². The summed E-state index contributed by atoms with van der Waals surface area (Å²) in [6.45, 7) is 7.13. The molecule has 1 saturated heterocycles. The third kappa shape index (κ3) is 5.16. The molecule has 0 bridgehead atoms. The molecule has 1 aliphatic rings. The van der Waals surface area contributed by atoms with E-state index < -0.39 is 0 Å². The zero-order chi connectivity index (χ0) is 19.9. The number of hydrogen-bond acceptors (Lipinski definition) is 5. The Morgan fingerprint density at radius 2 is 2.21 bits per heavy atom. The van der Waals surface area contributed by atoms with Gasteiger partial charge in [0.05, 0.1) is 23.5 Å². The summed E-state index contributed by atoms with van der Waals surface area (Å²) in [5, 5.41) is 10.3. The van der Waals surface area contributed by atoms with Crippen molar-refractivity contribution in [3.8, 4) is 5.75 Å². The lowest BCUT2D eigenvalue weighted by Crippen LogP contribution is -2.45. The number of guanidine groups is 1. The lowest BCUT2D eigenvalue weighted by molar-refractivity contribution is 0.415. The molecular formula is C21H31N5OS. The van der Waals surface area contributed by atoms with Crippen LogP contribution in [0.2, 0.25) is 0 Å². The van der Waals surface area contributed by atoms with E-state index in [4.69, 9.17) is 9.72 Å². The molecule has 1 aliphatic heterocycles. The zero-order valence-corrected chi connectivity index (χ0v) is 18.1. The molecule has 0 amide bonds. The number of thiazole rings is 1. The maximum Gasteiger partial charge on any atom is 0.191 e. The van der Waals surface area contributed by atoms with Crippen molar-refractivity contribution >= 4 is 23.0 Å². The average Bonchev–Trinajstić information content (AvgIpc) is 3.37. The number of anilines is 1. The molecule has 7 heteroatoms. The highest BCUT2D eigenvalue weighted by atomic mass is 32.1. The minimum absolute atomic E-state index is 0.364. The Balaban J connectivity index is 1.47. The number of rotatable bonds is 7. The SMILES string of the molecule is CN=C(NCCc1csc(C(C)C)n1)NC1CCN(c2ccccc2OC)C1. The van der Waals surface area contributed by atoms with Crippen molar-refractivity contribution in [2.45, 2.75) is 38.6 Å². The summed E-state index contributed by atoms with van der Waals surface area (Å²) in [5.41, 5.74) is 2.31. The van der Waals surface area contributed by atoms with Gasteiger partial charge in [0.2, 0.25) is 0 Å². The average molecular weight is 402 g/mol. The van der Waals surface area contributed by atoms with Gasteiger partial charge in [0, 0.05) is 50.4 Å². The fourth-order valence-electron chi connectivity index (χ4n) is 3.39. The van der Waals surface area contributed by atoms with E-state index in [9.17, 15) is 0 Å². The molecule has 3 rings (SSSR count). The molecule has 152 valence electrons. The van der Waals surface area contributed by atoms with Crippen molar-refractivity contribution in [1.82, 2.24) is 15.6 Å². The van der Waals surface area contributed by atoms with Gasteiger partial charge in [-0.3, -0.25) is 4.99 Å². The van der Waals surface area contributed by atoms with Gasteiger partial charge in [-0.25, -0.2) is 4.98 Å². The first-order valence-electron chi connectivity index (χ1n) is 9.90. The Labute approximate surface area is 172 Å². The van der Waals surface area contributed by atoms with E-state index in [0.717, 1.165) is 55.6 Å². The van der Waals surface area contributed by atoms with Gasteiger partial charge in [0.1, 0.15) is 5.75 Å². The van der Waals surface area contributed by atoms with Crippen LogP contribution in [0.25, 0.3) is 0 Å². The number of hydrogen-bond donors (Lipinski definition) is 2. The van der Waals surface area contributed by atoms with Crippen LogP contribution < -0.4 is 20.3 Å². The minimum atomic E-state index is 0.364. The second kappa shape index (κ2) is 9.78. The normalized spacial score (nSPS) is 17.2. The number of benzene rings is 1. The van der Waals surface area contributed by atoms with Crippen LogP contribution >= 0.6 is 11.3 Å². The second-order valence-corrected chi connectivity index (χ2v) is 8.22. The Kier molecular flexibility index (Phi) is 7.14. The van der Waals surface area contributed by atoms with Crippen molar-refractivity contribution in [2.75, 3.05) is 38.7 Å². The minimum Gasteiger partial charge on any atom is -0.495 e. The van der Waals surface area contributed by atoms with E-state index in [1.165, 1.54) is 5.01 Å². The summed E-state index contributed by atoms with van der Waals surface area (Å²) in [5.74, 6) is 2.27. The molecule has 2 aromatic rings. The van der Waals surface area contributed by atoms with Crippen molar-refractivity contribution in [2.24, 2.45) is 4.99 Å². The number of para-hydroxylation sites is 2. The number of methoxy groups -OCH3 is 1. The highest BCUT2D eigenvalue weighted by molar-refractivity contribution is 7.09. The predicted octanol–water partition coefficient (Wildman–Crippen LogP) is 3.26. The molecule has 1 fully saturated rings. The molecule has 2 heterocycles. The Hall–Kier alpha value is -2.28. The van der Waals surface area contributed by atoms with Crippen LogP contribution in [-0.2, 0) is 6.42 Å². The Morgan fingerprint density at radius 1 is 1.39 bits per heavy atom. The number of ether oxygens (including phenoxy) is 1. The first kappa shape index (κ1) is 20.5. The monoisotopic (exact) mass is 401 g/mol. The third-order valence-corrected chi connectivity index (χ3v) is 6.11. The maximum absolute atomic E-state index is 5.50. The van der Waals surface area contributed by atoms with Crippen LogP contribution in [-0.4, -0.2) is 50.8 Å². The van der Waals surface area contributed by atoms with E-state index >= 15 is 0 Å². The lowest BCUT2D eigenvalue weighted by atomic mass is 10.2. The number of aliphatic imine (C=N–C) groups is 1. The van der Waals surface area contributed by atoms with Crippen molar-refractivity contribution in [3.05, 3.63) is 40.3 Å². The number of nitrogens with zero attached hydrogens (tertiary/aromatic N) is 3. The topological polar surface area (TPSA) is 61.8 Å². The Morgan fingerprint density at radius 3 is 2.93 bits per heavy atom. The first-order valence-corrected chi connectivity index (χ1v) is 10.8. The lowest BCUT2D eigenvalue weighted by Gasteiger charge is -2.22. The third-order valence-electron chi connectivity index (χ3n) is 4.92. The largest absolute Gasteiger partial charge is 0.495 e. The van der Waals surface area contributed by atoms with Gasteiger partial charge in [-0.15, -0.1) is 11.3 Å². The van der Waals surface area contributed by atoms with Crippen LogP contribution in [0, 0.1) is 0 Å². The summed E-state index contributed by atoms with van der Waals surface area (Å²) >= 11 is 1.75. The molecule has 0 radical (unpaired) electrons. The quantitative estimate of drug-likeness (QED) is 0.551. The predicted molar refractivity (Wildman–Crippen MR) is 118 cm³/mol. The van der Waals surface area contributed by atoms with Gasteiger partial charge in [-0.2, -0.15) is 0 Å². The van der Waals surface area contributed by atoms with Crippen LogP contribution in [0.5, 0.6) is 5.75 Å². The number of nitrogens with one attached hydrogen (secondary N) is 2. The van der Waals surface area contributed by atoms with E-state index in [2.05, 4.69) is 51.9 Å². The van der Waals surface area contributed by atoms with E-state index in [1.54, 1.807) is 18.4 Å².